The van der Waals surface area contributed by atoms with Gasteiger partial charge < -0.3 is 5.11 Å². The van der Waals surface area contributed by atoms with Crippen molar-refractivity contribution in [3.8, 4) is 0 Å². The third kappa shape index (κ3) is 19.1. The Morgan fingerprint density at radius 3 is 1.74 bits per heavy atom. The van der Waals surface area contributed by atoms with Gasteiger partial charge >= 0.3 is 5.97 Å². The van der Waals surface area contributed by atoms with Crippen LogP contribution in [0, 0.1) is 0 Å². The number of likely N-dealkylation sites (N-methyl/N-ethyl adjacent to an activating group) is 1. The minimum Gasteiger partial charge on any atom is -0.480 e. The average Bonchev–Trinajstić information content (AvgIpc) is 2.30. The van der Waals surface area contributed by atoms with Crippen LogP contribution in [-0.4, -0.2) is 87.5 Å². The van der Waals surface area contributed by atoms with Crippen molar-refractivity contribution in [1.82, 2.24) is 4.90 Å². The van der Waals surface area contributed by atoms with Crippen molar-refractivity contribution in [2.75, 3.05) is 20.1 Å². The molecule has 0 aliphatic carbocycles. The summed E-state index contributed by atoms with van der Waals surface area (Å²) in [7, 11) is 1.88. The number of carboxylic acid groups (broad SMARTS) is 1. The van der Waals surface area contributed by atoms with Crippen LogP contribution in [0.2, 0.25) is 0 Å². The predicted molar refractivity (Wildman–Crippen MR) is 82.7 cm³/mol. The molecule has 0 saturated heterocycles. The number of hydrogen-bond donors (Lipinski definition) is 1. The van der Waals surface area contributed by atoms with E-state index in [1.54, 1.807) is 0 Å². The fourth-order valence-electron chi connectivity index (χ4n) is 2.18. The molecule has 4 heteroatoms. The molecule has 0 rings (SSSR count). The molecule has 0 spiro atoms. The Balaban J connectivity index is 0. The van der Waals surface area contributed by atoms with Crippen LogP contribution < -0.4 is 0 Å². The van der Waals surface area contributed by atoms with E-state index in [1.807, 2.05) is 11.9 Å². The SMILES string of the molecule is CCCCCCCCCCCCN(C)CC(=O)O.[K]. The normalized spacial score (nSPS) is 10.5. The monoisotopic (exact) mass is 296 g/mol. The Kier molecular flexibility index (Phi) is 20.1. The summed E-state index contributed by atoms with van der Waals surface area (Å²) < 4.78 is 0. The Hall–Kier alpha value is 1.07. The standard InChI is InChI=1S/C15H31NO2.K/c1-3-4-5-6-7-8-9-10-11-12-13-16(2)14-15(17)18;/h3-14H2,1-2H3,(H,17,18);. The second-order valence-electron chi connectivity index (χ2n) is 5.31. The number of aliphatic carboxylic acids is 1. The summed E-state index contributed by atoms with van der Waals surface area (Å²) in [4.78, 5) is 12.3. The van der Waals surface area contributed by atoms with Crippen LogP contribution in [0.25, 0.3) is 0 Å². The van der Waals surface area contributed by atoms with E-state index < -0.39 is 5.97 Å². The third-order valence-corrected chi connectivity index (χ3v) is 3.30. The van der Waals surface area contributed by atoms with E-state index in [-0.39, 0.29) is 57.9 Å². The smallest absolute Gasteiger partial charge is 0.317 e. The van der Waals surface area contributed by atoms with Crippen molar-refractivity contribution in [3.63, 3.8) is 0 Å². The number of carboxylic acids is 1. The second kappa shape index (κ2) is 17.1. The van der Waals surface area contributed by atoms with Crippen molar-refractivity contribution < 1.29 is 9.90 Å². The molecule has 0 aromatic heterocycles. The van der Waals surface area contributed by atoms with E-state index in [9.17, 15) is 4.79 Å². The molecule has 109 valence electrons. The molecule has 0 aliphatic heterocycles. The molecule has 0 heterocycles. The van der Waals surface area contributed by atoms with Gasteiger partial charge in [-0.25, -0.2) is 0 Å². The van der Waals surface area contributed by atoms with Crippen molar-refractivity contribution in [3.05, 3.63) is 0 Å². The maximum atomic E-state index is 10.5. The molecule has 3 nitrogen and oxygen atoms in total. The average molecular weight is 297 g/mol. The van der Waals surface area contributed by atoms with Gasteiger partial charge in [-0.1, -0.05) is 64.7 Å². The van der Waals surface area contributed by atoms with E-state index in [0.29, 0.717) is 0 Å². The van der Waals surface area contributed by atoms with Crippen LogP contribution in [0.3, 0.4) is 0 Å². The first-order valence-corrected chi connectivity index (χ1v) is 7.57. The van der Waals surface area contributed by atoms with Crippen LogP contribution in [0.4, 0.5) is 0 Å². The number of hydrogen-bond acceptors (Lipinski definition) is 2. The Labute approximate surface area is 161 Å². The van der Waals surface area contributed by atoms with Gasteiger partial charge in [0.25, 0.3) is 0 Å². The summed E-state index contributed by atoms with van der Waals surface area (Å²) in [6, 6.07) is 0. The van der Waals surface area contributed by atoms with E-state index >= 15 is 0 Å². The van der Waals surface area contributed by atoms with Crippen LogP contribution in [0.1, 0.15) is 71.1 Å². The largest absolute Gasteiger partial charge is 0.480 e. The molecule has 0 bridgehead atoms. The van der Waals surface area contributed by atoms with Crippen LogP contribution in [0.5, 0.6) is 0 Å². The summed E-state index contributed by atoms with van der Waals surface area (Å²) in [6.07, 6.45) is 13.3. The molecule has 1 N–H and O–H groups in total. The zero-order chi connectivity index (χ0) is 13.6. The van der Waals surface area contributed by atoms with Gasteiger partial charge in [0.15, 0.2) is 0 Å². The van der Waals surface area contributed by atoms with Gasteiger partial charge in [-0.3, -0.25) is 9.69 Å². The zero-order valence-corrected chi connectivity index (χ0v) is 16.4. The van der Waals surface area contributed by atoms with E-state index in [1.165, 1.54) is 57.8 Å². The summed E-state index contributed by atoms with van der Waals surface area (Å²) in [5, 5.41) is 8.60. The number of rotatable bonds is 13. The van der Waals surface area contributed by atoms with Crippen molar-refractivity contribution in [1.29, 1.82) is 0 Å². The van der Waals surface area contributed by atoms with E-state index in [4.69, 9.17) is 5.11 Å². The maximum Gasteiger partial charge on any atom is 0.317 e. The quantitative estimate of drug-likeness (QED) is 0.417. The number of unbranched alkanes of at least 4 members (excludes halogenated alkanes) is 9. The molecule has 0 fully saturated rings. The first-order chi connectivity index (χ1) is 8.66. The second-order valence-corrected chi connectivity index (χ2v) is 5.31. The zero-order valence-electron chi connectivity index (χ0n) is 13.3. The minimum atomic E-state index is -0.732. The molecular formula is C15H31KNO2. The topological polar surface area (TPSA) is 40.5 Å². The molecule has 0 amide bonds. The van der Waals surface area contributed by atoms with Crippen LogP contribution in [0.15, 0.2) is 0 Å². The van der Waals surface area contributed by atoms with Gasteiger partial charge in [-0.2, -0.15) is 0 Å². The molecule has 0 aliphatic rings. The first-order valence-electron chi connectivity index (χ1n) is 7.57. The fraction of sp³-hybridized carbons (Fsp3) is 0.933. The molecular weight excluding hydrogens is 265 g/mol. The van der Waals surface area contributed by atoms with Crippen molar-refractivity contribution in [2.45, 2.75) is 71.1 Å². The van der Waals surface area contributed by atoms with Gasteiger partial charge in [0.2, 0.25) is 0 Å². The van der Waals surface area contributed by atoms with Crippen LogP contribution in [-0.2, 0) is 4.79 Å². The van der Waals surface area contributed by atoms with Gasteiger partial charge in [0.1, 0.15) is 0 Å². The van der Waals surface area contributed by atoms with Crippen LogP contribution >= 0.6 is 0 Å². The number of carbonyl (C=O) groups is 1. The maximum absolute atomic E-state index is 10.5. The minimum absolute atomic E-state index is 0. The Bertz CT molecular complexity index is 201. The molecule has 0 aromatic rings. The van der Waals surface area contributed by atoms with Crippen molar-refractivity contribution >= 4 is 57.4 Å². The summed E-state index contributed by atoms with van der Waals surface area (Å²) in [6.45, 7) is 3.32. The van der Waals surface area contributed by atoms with Gasteiger partial charge in [0, 0.05) is 51.4 Å². The molecule has 1 radical (unpaired) electrons. The molecule has 0 saturated carbocycles. The van der Waals surface area contributed by atoms with Crippen molar-refractivity contribution in [2.24, 2.45) is 0 Å². The summed E-state index contributed by atoms with van der Waals surface area (Å²) in [5.41, 5.74) is 0. The van der Waals surface area contributed by atoms with E-state index in [0.717, 1.165) is 13.0 Å². The number of nitrogens with zero attached hydrogens (tertiary/aromatic N) is 1. The Morgan fingerprint density at radius 2 is 1.32 bits per heavy atom. The first kappa shape index (κ1) is 22.3. The molecule has 0 unspecified atom stereocenters. The molecule has 0 atom stereocenters. The molecule has 19 heavy (non-hydrogen) atoms. The summed E-state index contributed by atoms with van der Waals surface area (Å²) >= 11 is 0. The van der Waals surface area contributed by atoms with Gasteiger partial charge in [-0.05, 0) is 20.0 Å². The fourth-order valence-corrected chi connectivity index (χ4v) is 2.18. The Morgan fingerprint density at radius 1 is 0.895 bits per heavy atom. The van der Waals surface area contributed by atoms with E-state index in [2.05, 4.69) is 6.92 Å². The van der Waals surface area contributed by atoms with Gasteiger partial charge in [-0.15, -0.1) is 0 Å². The third-order valence-electron chi connectivity index (χ3n) is 3.30. The summed E-state index contributed by atoms with van der Waals surface area (Å²) in [5.74, 6) is -0.732. The van der Waals surface area contributed by atoms with Gasteiger partial charge in [0.05, 0.1) is 6.54 Å². The predicted octanol–water partition coefficient (Wildman–Crippen LogP) is 3.54. The molecule has 0 aromatic carbocycles.